The van der Waals surface area contributed by atoms with Gasteiger partial charge in [0.2, 0.25) is 0 Å². The first-order valence-corrected chi connectivity index (χ1v) is 5.79. The fourth-order valence-electron chi connectivity index (χ4n) is 2.86. The molecule has 0 rings (SSSR count). The Morgan fingerprint density at radius 1 is 1.00 bits per heavy atom. The van der Waals surface area contributed by atoms with Crippen molar-refractivity contribution in [1.29, 1.82) is 0 Å². The van der Waals surface area contributed by atoms with E-state index in [4.69, 9.17) is 5.11 Å². The quantitative estimate of drug-likeness (QED) is 0.690. The molecule has 0 aromatic rings. The largest absolute Gasteiger partial charge is 0.396 e. The summed E-state index contributed by atoms with van der Waals surface area (Å²) in [4.78, 5) is 0. The highest BCUT2D eigenvalue weighted by molar-refractivity contribution is 4.79. The molecule has 0 aliphatic carbocycles. The number of hydrogen-bond acceptors (Lipinski definition) is 1. The lowest BCUT2D eigenvalue weighted by Crippen LogP contribution is -2.25. The summed E-state index contributed by atoms with van der Waals surface area (Å²) in [6, 6.07) is 0. The highest BCUT2D eigenvalue weighted by atomic mass is 16.3. The van der Waals surface area contributed by atoms with Crippen LogP contribution in [0.1, 0.15) is 60.8 Å². The van der Waals surface area contributed by atoms with Crippen molar-refractivity contribution in [2.24, 2.45) is 16.7 Å². The van der Waals surface area contributed by atoms with Crippen LogP contribution < -0.4 is 0 Å². The van der Waals surface area contributed by atoms with Gasteiger partial charge in [-0.3, -0.25) is 0 Å². The first-order chi connectivity index (χ1) is 6.18. The van der Waals surface area contributed by atoms with Crippen molar-refractivity contribution in [3.63, 3.8) is 0 Å². The molecule has 86 valence electrons. The summed E-state index contributed by atoms with van der Waals surface area (Å²) in [6.45, 7) is 14.1. The third-order valence-corrected chi connectivity index (χ3v) is 2.71. The van der Waals surface area contributed by atoms with E-state index in [-0.39, 0.29) is 5.41 Å². The van der Waals surface area contributed by atoms with Gasteiger partial charge in [0.25, 0.3) is 0 Å². The minimum Gasteiger partial charge on any atom is -0.396 e. The standard InChI is InChI=1S/C13H28O/c1-11(2)9-13(5,6)10-12(3,4)7-8-14/h11,14H,7-10H2,1-6H3. The fourth-order valence-corrected chi connectivity index (χ4v) is 2.86. The molecule has 1 nitrogen and oxygen atoms in total. The summed E-state index contributed by atoms with van der Waals surface area (Å²) >= 11 is 0. The van der Waals surface area contributed by atoms with Gasteiger partial charge in [0.15, 0.2) is 0 Å². The van der Waals surface area contributed by atoms with Crippen molar-refractivity contribution in [2.75, 3.05) is 6.61 Å². The van der Waals surface area contributed by atoms with E-state index in [1.807, 2.05) is 0 Å². The second-order valence-corrected chi connectivity index (χ2v) is 6.58. The first kappa shape index (κ1) is 14.0. The predicted molar refractivity (Wildman–Crippen MR) is 63.3 cm³/mol. The van der Waals surface area contributed by atoms with E-state index in [1.165, 1.54) is 12.8 Å². The van der Waals surface area contributed by atoms with Crippen LogP contribution in [0.5, 0.6) is 0 Å². The van der Waals surface area contributed by atoms with Crippen LogP contribution >= 0.6 is 0 Å². The maximum absolute atomic E-state index is 8.98. The molecule has 0 atom stereocenters. The Hall–Kier alpha value is -0.0400. The van der Waals surface area contributed by atoms with Gasteiger partial charge in [-0.1, -0.05) is 41.5 Å². The van der Waals surface area contributed by atoms with Gasteiger partial charge in [-0.15, -0.1) is 0 Å². The van der Waals surface area contributed by atoms with Crippen LogP contribution in [0.15, 0.2) is 0 Å². The van der Waals surface area contributed by atoms with Crippen molar-refractivity contribution in [1.82, 2.24) is 0 Å². The Morgan fingerprint density at radius 3 is 1.86 bits per heavy atom. The smallest absolute Gasteiger partial charge is 0.0436 e. The Balaban J connectivity index is 4.19. The van der Waals surface area contributed by atoms with Crippen molar-refractivity contribution >= 4 is 0 Å². The minimum atomic E-state index is 0.271. The van der Waals surface area contributed by atoms with Gasteiger partial charge >= 0.3 is 0 Å². The topological polar surface area (TPSA) is 20.2 Å². The van der Waals surface area contributed by atoms with Gasteiger partial charge in [-0.2, -0.15) is 0 Å². The maximum Gasteiger partial charge on any atom is 0.0436 e. The lowest BCUT2D eigenvalue weighted by Gasteiger charge is -2.35. The van der Waals surface area contributed by atoms with E-state index < -0.39 is 0 Å². The number of aliphatic hydroxyl groups is 1. The van der Waals surface area contributed by atoms with E-state index in [0.29, 0.717) is 12.0 Å². The monoisotopic (exact) mass is 200 g/mol. The molecule has 0 unspecified atom stereocenters. The molecule has 0 aromatic heterocycles. The van der Waals surface area contributed by atoms with Gasteiger partial charge in [0, 0.05) is 6.61 Å². The van der Waals surface area contributed by atoms with Crippen LogP contribution in [0.4, 0.5) is 0 Å². The van der Waals surface area contributed by atoms with Crippen molar-refractivity contribution in [2.45, 2.75) is 60.8 Å². The van der Waals surface area contributed by atoms with Crippen LogP contribution in [0.25, 0.3) is 0 Å². The summed E-state index contributed by atoms with van der Waals surface area (Å²) in [6.07, 6.45) is 3.37. The molecule has 0 saturated heterocycles. The van der Waals surface area contributed by atoms with Crippen LogP contribution in [0.3, 0.4) is 0 Å². The Labute approximate surface area is 89.9 Å². The lowest BCUT2D eigenvalue weighted by molar-refractivity contribution is 0.129. The molecule has 0 radical (unpaired) electrons. The van der Waals surface area contributed by atoms with E-state index in [0.717, 1.165) is 12.3 Å². The first-order valence-electron chi connectivity index (χ1n) is 5.79. The SMILES string of the molecule is CC(C)CC(C)(C)CC(C)(C)CCO. The van der Waals surface area contributed by atoms with Crippen molar-refractivity contribution in [3.8, 4) is 0 Å². The third-order valence-electron chi connectivity index (χ3n) is 2.71. The van der Waals surface area contributed by atoms with Gasteiger partial charge in [-0.05, 0) is 36.0 Å². The highest BCUT2D eigenvalue weighted by Gasteiger charge is 2.28. The molecule has 1 heteroatoms. The molecule has 1 N–H and O–H groups in total. The molecule has 0 aliphatic rings. The predicted octanol–water partition coefficient (Wildman–Crippen LogP) is 3.86. The number of rotatable bonds is 6. The van der Waals surface area contributed by atoms with Crippen LogP contribution in [0, 0.1) is 16.7 Å². The number of aliphatic hydroxyl groups excluding tert-OH is 1. The molecule has 0 saturated carbocycles. The van der Waals surface area contributed by atoms with Gasteiger partial charge < -0.3 is 5.11 Å². The summed E-state index contributed by atoms with van der Waals surface area (Å²) in [5, 5.41) is 8.98. The second-order valence-electron chi connectivity index (χ2n) is 6.58. The van der Waals surface area contributed by atoms with Crippen molar-refractivity contribution < 1.29 is 5.11 Å². The summed E-state index contributed by atoms with van der Waals surface area (Å²) in [7, 11) is 0. The van der Waals surface area contributed by atoms with E-state index in [1.54, 1.807) is 0 Å². The van der Waals surface area contributed by atoms with Crippen LogP contribution in [0.2, 0.25) is 0 Å². The summed E-state index contributed by atoms with van der Waals surface area (Å²) in [5.74, 6) is 0.759. The molecule has 0 aromatic carbocycles. The van der Waals surface area contributed by atoms with E-state index in [9.17, 15) is 0 Å². The number of hydrogen-bond donors (Lipinski definition) is 1. The zero-order valence-electron chi connectivity index (χ0n) is 10.9. The molecular formula is C13H28O. The zero-order valence-corrected chi connectivity index (χ0v) is 10.9. The maximum atomic E-state index is 8.98. The van der Waals surface area contributed by atoms with Crippen LogP contribution in [-0.4, -0.2) is 11.7 Å². The third kappa shape index (κ3) is 6.42. The molecule has 0 spiro atoms. The highest BCUT2D eigenvalue weighted by Crippen LogP contribution is 2.39. The van der Waals surface area contributed by atoms with E-state index in [2.05, 4.69) is 41.5 Å². The minimum absolute atomic E-state index is 0.271. The average molecular weight is 200 g/mol. The Morgan fingerprint density at radius 2 is 1.50 bits per heavy atom. The Bertz CT molecular complexity index is 157. The molecule has 0 amide bonds. The average Bonchev–Trinajstić information content (AvgIpc) is 1.78. The summed E-state index contributed by atoms with van der Waals surface area (Å²) in [5.41, 5.74) is 0.667. The molecule has 0 heterocycles. The lowest BCUT2D eigenvalue weighted by atomic mass is 9.70. The normalized spacial score (nSPS) is 13.7. The summed E-state index contributed by atoms with van der Waals surface area (Å²) < 4.78 is 0. The molecular weight excluding hydrogens is 172 g/mol. The van der Waals surface area contributed by atoms with Gasteiger partial charge in [0.1, 0.15) is 0 Å². The van der Waals surface area contributed by atoms with E-state index >= 15 is 0 Å². The van der Waals surface area contributed by atoms with Gasteiger partial charge in [-0.25, -0.2) is 0 Å². The molecule has 0 bridgehead atoms. The molecule has 14 heavy (non-hydrogen) atoms. The Kier molecular flexibility index (Phi) is 5.14. The molecule has 0 fully saturated rings. The zero-order chi connectivity index (χ0) is 11.4. The second kappa shape index (κ2) is 5.16. The van der Waals surface area contributed by atoms with Crippen molar-refractivity contribution in [3.05, 3.63) is 0 Å². The van der Waals surface area contributed by atoms with Gasteiger partial charge in [0.05, 0.1) is 0 Å². The van der Waals surface area contributed by atoms with Crippen LogP contribution in [-0.2, 0) is 0 Å². The molecule has 0 aliphatic heterocycles. The fraction of sp³-hybridized carbons (Fsp3) is 1.00.